The fourth-order valence-corrected chi connectivity index (χ4v) is 5.68. The van der Waals surface area contributed by atoms with Gasteiger partial charge in [-0.2, -0.15) is 0 Å². The second kappa shape index (κ2) is 7.89. The van der Waals surface area contributed by atoms with Gasteiger partial charge in [0.2, 0.25) is 0 Å². The van der Waals surface area contributed by atoms with E-state index in [0.29, 0.717) is 43.2 Å². The molecular weight excluding hydrogens is 370 g/mol. The number of carbonyl (C=O) groups excluding carboxylic acids is 1. The number of likely N-dealkylation sites (tertiary alicyclic amines) is 1. The quantitative estimate of drug-likeness (QED) is 0.768. The molecule has 27 heavy (non-hydrogen) atoms. The molecule has 0 aliphatic carbocycles. The van der Waals surface area contributed by atoms with E-state index in [4.69, 9.17) is 4.52 Å². The van der Waals surface area contributed by atoms with Crippen LogP contribution in [0.4, 0.5) is 0 Å². The highest BCUT2D eigenvalue weighted by Crippen LogP contribution is 2.35. The summed E-state index contributed by atoms with van der Waals surface area (Å²) in [6.45, 7) is 7.78. The predicted octanol–water partition coefficient (Wildman–Crippen LogP) is 0.481. The molecule has 152 valence electrons. The van der Waals surface area contributed by atoms with Crippen molar-refractivity contribution in [3.8, 4) is 0 Å². The number of amides is 1. The number of hydrogen-bond donors (Lipinski definition) is 1. The van der Waals surface area contributed by atoms with E-state index in [1.54, 1.807) is 18.7 Å². The van der Waals surface area contributed by atoms with Crippen molar-refractivity contribution in [2.24, 2.45) is 11.8 Å². The molecule has 0 radical (unpaired) electrons. The third-order valence-corrected chi connectivity index (χ3v) is 7.67. The van der Waals surface area contributed by atoms with Gasteiger partial charge < -0.3 is 19.4 Å². The Bertz CT molecular complexity index is 757. The number of carbonyl (C=O) groups is 1. The van der Waals surface area contributed by atoms with E-state index >= 15 is 0 Å². The van der Waals surface area contributed by atoms with E-state index in [0.717, 1.165) is 6.42 Å². The molecule has 3 rings (SSSR count). The highest BCUT2D eigenvalue weighted by Gasteiger charge is 2.44. The molecule has 3 heterocycles. The fraction of sp³-hybridized carbons (Fsp3) is 0.778. The number of aromatic nitrogens is 1. The van der Waals surface area contributed by atoms with Crippen molar-refractivity contribution in [2.75, 3.05) is 44.3 Å². The summed E-state index contributed by atoms with van der Waals surface area (Å²) < 4.78 is 28.5. The van der Waals surface area contributed by atoms with Crippen molar-refractivity contribution in [1.82, 2.24) is 15.0 Å². The third-order valence-electron chi connectivity index (χ3n) is 6.06. The summed E-state index contributed by atoms with van der Waals surface area (Å²) in [7, 11) is -2.92. The van der Waals surface area contributed by atoms with Gasteiger partial charge in [0.15, 0.2) is 9.84 Å². The first-order valence-electron chi connectivity index (χ1n) is 9.54. The summed E-state index contributed by atoms with van der Waals surface area (Å²) in [6.07, 6.45) is 0.901. The maximum atomic E-state index is 13.1. The first-order valence-corrected chi connectivity index (χ1v) is 11.4. The average molecular weight is 400 g/mol. The third kappa shape index (κ3) is 4.05. The van der Waals surface area contributed by atoms with Crippen LogP contribution in [0.2, 0.25) is 0 Å². The average Bonchev–Trinajstić information content (AvgIpc) is 3.15. The number of aryl methyl sites for hydroxylation is 2. The van der Waals surface area contributed by atoms with Gasteiger partial charge in [-0.25, -0.2) is 8.42 Å². The van der Waals surface area contributed by atoms with E-state index in [1.165, 1.54) is 0 Å². The zero-order valence-corrected chi connectivity index (χ0v) is 17.0. The van der Waals surface area contributed by atoms with Gasteiger partial charge in [0.05, 0.1) is 29.8 Å². The van der Waals surface area contributed by atoms with Gasteiger partial charge >= 0.3 is 0 Å². The number of rotatable bonds is 5. The van der Waals surface area contributed by atoms with Crippen molar-refractivity contribution < 1.29 is 22.8 Å². The monoisotopic (exact) mass is 399 g/mol. The van der Waals surface area contributed by atoms with Gasteiger partial charge in [-0.1, -0.05) is 18.5 Å². The van der Waals surface area contributed by atoms with E-state index in [1.807, 2.05) is 0 Å². The zero-order valence-electron chi connectivity index (χ0n) is 16.2. The topological polar surface area (TPSA) is 104 Å². The zero-order chi connectivity index (χ0) is 19.8. The Morgan fingerprint density at radius 1 is 1.30 bits per heavy atom. The summed E-state index contributed by atoms with van der Waals surface area (Å²) in [5, 5.41) is 13.9. The molecule has 0 bridgehead atoms. The number of hydrogen-bond acceptors (Lipinski definition) is 7. The molecule has 0 unspecified atom stereocenters. The number of sulfone groups is 1. The lowest BCUT2D eigenvalue weighted by molar-refractivity contribution is 0.0616. The molecule has 2 aliphatic rings. The normalized spacial score (nSPS) is 28.6. The van der Waals surface area contributed by atoms with Crippen LogP contribution in [0, 0.1) is 25.7 Å². The molecule has 0 spiro atoms. The number of aliphatic hydroxyl groups is 1. The Morgan fingerprint density at radius 3 is 2.48 bits per heavy atom. The van der Waals surface area contributed by atoms with Crippen LogP contribution in [-0.4, -0.2) is 84.7 Å². The predicted molar refractivity (Wildman–Crippen MR) is 100 cm³/mol. The minimum absolute atomic E-state index is 0.109. The molecule has 1 N–H and O–H groups in total. The Balaban J connectivity index is 1.77. The molecule has 1 aromatic heterocycles. The summed E-state index contributed by atoms with van der Waals surface area (Å²) in [5.41, 5.74) is 1.04. The van der Waals surface area contributed by atoms with Crippen molar-refractivity contribution in [1.29, 1.82) is 0 Å². The molecule has 0 saturated carbocycles. The van der Waals surface area contributed by atoms with Crippen LogP contribution in [0.3, 0.4) is 0 Å². The molecule has 3 atom stereocenters. The van der Waals surface area contributed by atoms with Crippen molar-refractivity contribution in [3.05, 3.63) is 17.0 Å². The van der Waals surface area contributed by atoms with Crippen LogP contribution in [0.15, 0.2) is 4.52 Å². The molecule has 1 amide bonds. The van der Waals surface area contributed by atoms with E-state index in [9.17, 15) is 18.3 Å². The van der Waals surface area contributed by atoms with Gasteiger partial charge in [0, 0.05) is 26.2 Å². The van der Waals surface area contributed by atoms with Crippen molar-refractivity contribution in [2.45, 2.75) is 33.2 Å². The highest BCUT2D eigenvalue weighted by atomic mass is 32.2. The second-order valence-corrected chi connectivity index (χ2v) is 9.99. The van der Waals surface area contributed by atoms with Crippen LogP contribution in [0.25, 0.3) is 0 Å². The van der Waals surface area contributed by atoms with Crippen molar-refractivity contribution >= 4 is 15.7 Å². The molecule has 8 nitrogen and oxygen atoms in total. The van der Waals surface area contributed by atoms with Crippen molar-refractivity contribution in [3.63, 3.8) is 0 Å². The van der Waals surface area contributed by atoms with E-state index in [2.05, 4.69) is 17.0 Å². The fourth-order valence-electron chi connectivity index (χ4n) is 4.40. The molecule has 2 aliphatic heterocycles. The van der Waals surface area contributed by atoms with Gasteiger partial charge in [0.1, 0.15) is 11.3 Å². The molecule has 2 saturated heterocycles. The van der Waals surface area contributed by atoms with Gasteiger partial charge in [0.25, 0.3) is 5.91 Å². The maximum absolute atomic E-state index is 13.1. The lowest BCUT2D eigenvalue weighted by Gasteiger charge is -2.33. The Hall–Kier alpha value is -1.45. The summed E-state index contributed by atoms with van der Waals surface area (Å²) in [6, 6.07) is -0.283. The smallest absolute Gasteiger partial charge is 0.259 e. The van der Waals surface area contributed by atoms with Crippen LogP contribution in [-0.2, 0) is 9.84 Å². The maximum Gasteiger partial charge on any atom is 0.259 e. The Morgan fingerprint density at radius 2 is 1.96 bits per heavy atom. The summed E-state index contributed by atoms with van der Waals surface area (Å²) in [4.78, 5) is 17.0. The van der Waals surface area contributed by atoms with Gasteiger partial charge in [-0.3, -0.25) is 4.79 Å². The lowest BCUT2D eigenvalue weighted by Crippen LogP contribution is -2.47. The van der Waals surface area contributed by atoms with E-state index < -0.39 is 9.84 Å². The van der Waals surface area contributed by atoms with Crippen LogP contribution in [0.5, 0.6) is 0 Å². The van der Waals surface area contributed by atoms with Crippen LogP contribution < -0.4 is 0 Å². The molecule has 0 aromatic carbocycles. The molecular formula is C18H29N3O5S. The van der Waals surface area contributed by atoms with Crippen LogP contribution in [0.1, 0.15) is 35.2 Å². The highest BCUT2D eigenvalue weighted by molar-refractivity contribution is 7.91. The van der Waals surface area contributed by atoms with E-state index in [-0.39, 0.29) is 41.9 Å². The van der Waals surface area contributed by atoms with Crippen LogP contribution >= 0.6 is 0 Å². The second-order valence-electron chi connectivity index (χ2n) is 7.69. The Labute approximate surface area is 160 Å². The largest absolute Gasteiger partial charge is 0.394 e. The molecule has 1 aromatic rings. The minimum Gasteiger partial charge on any atom is -0.394 e. The summed E-state index contributed by atoms with van der Waals surface area (Å²) >= 11 is 0. The SMILES string of the molecule is CC[C@@H]1CN(C(=O)c2c(C)noc2C)[C@H](CO)[C@@H]1CN1CCS(=O)(=O)CC1. The lowest BCUT2D eigenvalue weighted by atomic mass is 9.88. The molecule has 2 fully saturated rings. The summed E-state index contributed by atoms with van der Waals surface area (Å²) in [5.74, 6) is 1.10. The Kier molecular flexibility index (Phi) is 5.93. The first kappa shape index (κ1) is 20.3. The van der Waals surface area contributed by atoms with Gasteiger partial charge in [-0.05, 0) is 25.7 Å². The standard InChI is InChI=1S/C18H29N3O5S/c1-4-14-9-21(18(23)17-12(2)19-26-13(17)3)16(11-22)15(14)10-20-5-7-27(24,25)8-6-20/h14-16,22H,4-11H2,1-3H3/t14-,15-,16-/m1/s1. The number of aliphatic hydroxyl groups excluding tert-OH is 1. The van der Waals surface area contributed by atoms with Gasteiger partial charge in [-0.15, -0.1) is 0 Å². The first-order chi connectivity index (χ1) is 12.8. The molecule has 9 heteroatoms. The minimum atomic E-state index is -2.92. The number of nitrogens with zero attached hydrogens (tertiary/aromatic N) is 3.